The third-order valence-electron chi connectivity index (χ3n) is 6.39. The van der Waals surface area contributed by atoms with Crippen molar-refractivity contribution in [2.24, 2.45) is 4.99 Å². The van der Waals surface area contributed by atoms with E-state index in [4.69, 9.17) is 14.5 Å². The summed E-state index contributed by atoms with van der Waals surface area (Å²) in [5.41, 5.74) is 3.11. The predicted molar refractivity (Wildman–Crippen MR) is 117 cm³/mol. The second-order valence-corrected chi connectivity index (χ2v) is 8.46. The van der Waals surface area contributed by atoms with E-state index in [0.717, 1.165) is 67.9 Å². The van der Waals surface area contributed by atoms with Crippen LogP contribution in [0.5, 0.6) is 11.5 Å². The van der Waals surface area contributed by atoms with Gasteiger partial charge in [-0.2, -0.15) is 0 Å². The Bertz CT molecular complexity index is 1050. The van der Waals surface area contributed by atoms with Crippen LogP contribution in [0.1, 0.15) is 11.1 Å². The molecule has 4 heterocycles. The van der Waals surface area contributed by atoms with Gasteiger partial charge >= 0.3 is 6.03 Å². The number of fused-ring (bicyclic) bond motifs is 4. The topological polar surface area (TPSA) is 69.6 Å². The molecule has 2 aromatic rings. The molecule has 0 bridgehead atoms. The number of hydrogen-bond acceptors (Lipinski definition) is 6. The number of rotatable bonds is 4. The van der Waals surface area contributed by atoms with Crippen LogP contribution >= 0.6 is 0 Å². The zero-order chi connectivity index (χ0) is 20.8. The van der Waals surface area contributed by atoms with Gasteiger partial charge in [0, 0.05) is 44.8 Å². The monoisotopic (exact) mass is 419 g/mol. The van der Waals surface area contributed by atoms with E-state index in [1.54, 1.807) is 4.90 Å². The molecule has 6 rings (SSSR count). The van der Waals surface area contributed by atoms with E-state index < -0.39 is 0 Å². The predicted octanol–water partition coefficient (Wildman–Crippen LogP) is 2.21. The molecule has 8 heteroatoms. The van der Waals surface area contributed by atoms with Crippen molar-refractivity contribution in [2.75, 3.05) is 51.4 Å². The zero-order valence-corrected chi connectivity index (χ0v) is 17.3. The van der Waals surface area contributed by atoms with Crippen LogP contribution in [0.2, 0.25) is 0 Å². The molecule has 0 radical (unpaired) electrons. The lowest BCUT2D eigenvalue weighted by molar-refractivity contribution is 0.122. The SMILES string of the molecule is O=C1Nc2ccccc2C2=NC(CN3CCN(Cc4ccc5c(c4)OCO5)CC3)CN12. The lowest BCUT2D eigenvalue weighted by atomic mass is 10.1. The number of para-hydroxylation sites is 1. The summed E-state index contributed by atoms with van der Waals surface area (Å²) < 4.78 is 10.9. The summed E-state index contributed by atoms with van der Waals surface area (Å²) in [7, 11) is 0. The van der Waals surface area contributed by atoms with E-state index in [2.05, 4.69) is 27.2 Å². The summed E-state index contributed by atoms with van der Waals surface area (Å²) in [5.74, 6) is 2.49. The van der Waals surface area contributed by atoms with Crippen LogP contribution in [-0.2, 0) is 6.54 Å². The lowest BCUT2D eigenvalue weighted by Crippen LogP contribution is -2.49. The smallest absolute Gasteiger partial charge is 0.327 e. The normalized spacial score (nSPS) is 22.7. The van der Waals surface area contributed by atoms with Crippen molar-refractivity contribution in [3.05, 3.63) is 53.6 Å². The molecule has 0 spiro atoms. The number of anilines is 1. The number of urea groups is 1. The van der Waals surface area contributed by atoms with Gasteiger partial charge in [-0.05, 0) is 29.8 Å². The maximum absolute atomic E-state index is 12.5. The van der Waals surface area contributed by atoms with Crippen LogP contribution in [0, 0.1) is 0 Å². The summed E-state index contributed by atoms with van der Waals surface area (Å²) >= 11 is 0. The quantitative estimate of drug-likeness (QED) is 0.823. The van der Waals surface area contributed by atoms with Crippen molar-refractivity contribution in [3.63, 3.8) is 0 Å². The molecule has 1 N–H and O–H groups in total. The fourth-order valence-electron chi connectivity index (χ4n) is 4.77. The molecular weight excluding hydrogens is 394 g/mol. The average Bonchev–Trinajstić information content (AvgIpc) is 3.42. The van der Waals surface area contributed by atoms with Crippen molar-refractivity contribution in [2.45, 2.75) is 12.6 Å². The number of nitrogens with zero attached hydrogens (tertiary/aromatic N) is 4. The Morgan fingerprint density at radius 1 is 1.00 bits per heavy atom. The molecule has 1 atom stereocenters. The number of carbonyl (C=O) groups is 1. The van der Waals surface area contributed by atoms with Crippen LogP contribution in [0.15, 0.2) is 47.5 Å². The van der Waals surface area contributed by atoms with Gasteiger partial charge < -0.3 is 14.8 Å². The molecule has 0 saturated carbocycles. The first kappa shape index (κ1) is 18.7. The van der Waals surface area contributed by atoms with E-state index >= 15 is 0 Å². The highest BCUT2D eigenvalue weighted by Crippen LogP contribution is 2.33. The Labute approximate surface area is 181 Å². The number of nitrogens with one attached hydrogen (secondary N) is 1. The molecule has 4 aliphatic rings. The molecule has 8 nitrogen and oxygen atoms in total. The largest absolute Gasteiger partial charge is 0.454 e. The Morgan fingerprint density at radius 2 is 1.81 bits per heavy atom. The first-order valence-corrected chi connectivity index (χ1v) is 10.8. The summed E-state index contributed by atoms with van der Waals surface area (Å²) in [6.07, 6.45) is 0. The molecule has 160 valence electrons. The molecule has 4 aliphatic heterocycles. The minimum atomic E-state index is -0.0755. The minimum Gasteiger partial charge on any atom is -0.454 e. The second kappa shape index (κ2) is 7.55. The molecule has 2 aromatic carbocycles. The molecule has 1 fully saturated rings. The summed E-state index contributed by atoms with van der Waals surface area (Å²) in [5, 5.41) is 2.97. The van der Waals surface area contributed by atoms with Crippen LogP contribution < -0.4 is 14.8 Å². The number of carbonyl (C=O) groups excluding carboxylic acids is 1. The van der Waals surface area contributed by atoms with Crippen molar-refractivity contribution < 1.29 is 14.3 Å². The number of benzene rings is 2. The van der Waals surface area contributed by atoms with Crippen molar-refractivity contribution >= 4 is 17.6 Å². The van der Waals surface area contributed by atoms with Gasteiger partial charge in [-0.3, -0.25) is 19.7 Å². The van der Waals surface area contributed by atoms with Crippen molar-refractivity contribution in [1.29, 1.82) is 0 Å². The van der Waals surface area contributed by atoms with Crippen LogP contribution in [0.4, 0.5) is 10.5 Å². The number of hydrogen-bond donors (Lipinski definition) is 1. The third kappa shape index (κ3) is 3.51. The Balaban J connectivity index is 1.06. The van der Waals surface area contributed by atoms with Gasteiger partial charge in [-0.25, -0.2) is 4.79 Å². The maximum Gasteiger partial charge on any atom is 0.327 e. The van der Waals surface area contributed by atoms with Gasteiger partial charge in [0.2, 0.25) is 6.79 Å². The lowest BCUT2D eigenvalue weighted by Gasteiger charge is -2.35. The number of piperazine rings is 1. The first-order chi connectivity index (χ1) is 15.2. The molecule has 0 aromatic heterocycles. The highest BCUT2D eigenvalue weighted by Gasteiger charge is 2.36. The highest BCUT2D eigenvalue weighted by atomic mass is 16.7. The molecule has 31 heavy (non-hydrogen) atoms. The molecule has 2 amide bonds. The van der Waals surface area contributed by atoms with E-state index in [1.165, 1.54) is 5.56 Å². The summed E-state index contributed by atoms with van der Waals surface area (Å²) in [6.45, 7) is 6.81. The number of amidine groups is 1. The minimum absolute atomic E-state index is 0.0755. The fraction of sp³-hybridized carbons (Fsp3) is 0.391. The first-order valence-electron chi connectivity index (χ1n) is 10.8. The third-order valence-corrected chi connectivity index (χ3v) is 6.39. The van der Waals surface area contributed by atoms with Crippen molar-refractivity contribution in [1.82, 2.24) is 14.7 Å². The van der Waals surface area contributed by atoms with Crippen LogP contribution in [0.3, 0.4) is 0 Å². The molecule has 1 unspecified atom stereocenters. The van der Waals surface area contributed by atoms with E-state index in [0.29, 0.717) is 13.3 Å². The molecular formula is C23H25N5O3. The van der Waals surface area contributed by atoms with Gasteiger partial charge in [0.25, 0.3) is 0 Å². The van der Waals surface area contributed by atoms with E-state index in [-0.39, 0.29) is 12.1 Å². The van der Waals surface area contributed by atoms with Crippen LogP contribution in [-0.4, -0.2) is 78.7 Å². The van der Waals surface area contributed by atoms with E-state index in [9.17, 15) is 4.79 Å². The summed E-state index contributed by atoms with van der Waals surface area (Å²) in [6, 6.07) is 14.1. The zero-order valence-electron chi connectivity index (χ0n) is 17.3. The number of amides is 2. The second-order valence-electron chi connectivity index (χ2n) is 8.46. The van der Waals surface area contributed by atoms with Gasteiger partial charge in [-0.1, -0.05) is 18.2 Å². The number of ether oxygens (including phenoxy) is 2. The van der Waals surface area contributed by atoms with Crippen LogP contribution in [0.25, 0.3) is 0 Å². The average molecular weight is 419 g/mol. The number of aliphatic imine (C=N–C) groups is 1. The maximum atomic E-state index is 12.5. The van der Waals surface area contributed by atoms with Gasteiger partial charge in [0.15, 0.2) is 11.5 Å². The van der Waals surface area contributed by atoms with Gasteiger partial charge in [-0.15, -0.1) is 0 Å². The molecule has 1 saturated heterocycles. The highest BCUT2D eigenvalue weighted by molar-refractivity contribution is 6.19. The molecule has 0 aliphatic carbocycles. The Kier molecular flexibility index (Phi) is 4.54. The fourth-order valence-corrected chi connectivity index (χ4v) is 4.77. The summed E-state index contributed by atoms with van der Waals surface area (Å²) in [4.78, 5) is 24.1. The van der Waals surface area contributed by atoms with E-state index in [1.807, 2.05) is 30.3 Å². The Hall–Kier alpha value is -3.10. The van der Waals surface area contributed by atoms with Gasteiger partial charge in [0.05, 0.1) is 18.3 Å². The standard InChI is InChI=1S/C23H25N5O3/c29-23-25-19-4-2-1-3-18(19)22-24-17(14-28(22)23)13-27-9-7-26(8-10-27)12-16-5-6-20-21(11-16)31-15-30-20/h1-6,11,17H,7-10,12-15H2,(H,25,29). The van der Waals surface area contributed by atoms with Gasteiger partial charge in [0.1, 0.15) is 5.84 Å². The van der Waals surface area contributed by atoms with Crippen molar-refractivity contribution in [3.8, 4) is 11.5 Å². The Morgan fingerprint density at radius 3 is 2.71 bits per heavy atom.